The van der Waals surface area contributed by atoms with E-state index in [0.717, 1.165) is 57.7 Å². The van der Waals surface area contributed by atoms with Gasteiger partial charge in [0.25, 0.3) is 0 Å². The predicted octanol–water partition coefficient (Wildman–Crippen LogP) is 2.03. The molecule has 2 aliphatic rings. The van der Waals surface area contributed by atoms with Gasteiger partial charge in [0.15, 0.2) is 0 Å². The number of carbonyl (C=O) groups is 1. The maximum atomic E-state index is 11.6. The van der Waals surface area contributed by atoms with E-state index >= 15 is 0 Å². The number of nitrogens with zero attached hydrogens (tertiary/aromatic N) is 1. The molecule has 4 heteroatoms. The highest BCUT2D eigenvalue weighted by atomic mass is 16.5. The summed E-state index contributed by atoms with van der Waals surface area (Å²) in [5.41, 5.74) is 1.56. The van der Waals surface area contributed by atoms with Gasteiger partial charge in [0.2, 0.25) is 0 Å². The molecule has 1 aromatic rings. The minimum atomic E-state index is -0.674. The van der Waals surface area contributed by atoms with Crippen LogP contribution in [0.5, 0.6) is 0 Å². The van der Waals surface area contributed by atoms with E-state index < -0.39 is 11.4 Å². The molecule has 2 fully saturated rings. The summed E-state index contributed by atoms with van der Waals surface area (Å²) in [6.07, 6.45) is 2.55. The summed E-state index contributed by atoms with van der Waals surface area (Å²) in [4.78, 5) is 13.9. The molecule has 1 N–H and O–H groups in total. The van der Waals surface area contributed by atoms with E-state index in [-0.39, 0.29) is 0 Å². The first kappa shape index (κ1) is 13.6. The zero-order valence-corrected chi connectivity index (χ0v) is 11.7. The van der Waals surface area contributed by atoms with Gasteiger partial charge in [-0.25, -0.2) is 0 Å². The number of morpholine rings is 1. The molecular formula is C16H21NO3. The van der Waals surface area contributed by atoms with E-state index in [9.17, 15) is 9.90 Å². The fraction of sp³-hybridized carbons (Fsp3) is 0.562. The summed E-state index contributed by atoms with van der Waals surface area (Å²) in [5, 5.41) is 9.52. The van der Waals surface area contributed by atoms with Gasteiger partial charge in [0.05, 0.1) is 18.6 Å². The lowest BCUT2D eigenvalue weighted by molar-refractivity contribution is -0.147. The van der Waals surface area contributed by atoms with Crippen LogP contribution in [-0.4, -0.2) is 42.3 Å². The minimum absolute atomic E-state index is 0.624. The average Bonchev–Trinajstić information content (AvgIpc) is 2.38. The summed E-state index contributed by atoms with van der Waals surface area (Å²) in [7, 11) is 0. The van der Waals surface area contributed by atoms with Crippen molar-refractivity contribution in [3.63, 3.8) is 0 Å². The molecule has 1 aromatic carbocycles. The van der Waals surface area contributed by atoms with E-state index in [1.54, 1.807) is 0 Å². The van der Waals surface area contributed by atoms with Crippen molar-refractivity contribution in [1.82, 2.24) is 4.90 Å². The fourth-order valence-corrected chi connectivity index (χ4v) is 3.14. The number of ether oxygens (including phenoxy) is 1. The second-order valence-electron chi connectivity index (χ2n) is 5.83. The molecule has 4 nitrogen and oxygen atoms in total. The molecule has 1 heterocycles. The quantitative estimate of drug-likeness (QED) is 0.913. The van der Waals surface area contributed by atoms with Crippen molar-refractivity contribution in [3.8, 4) is 0 Å². The van der Waals surface area contributed by atoms with Gasteiger partial charge >= 0.3 is 5.97 Å². The summed E-state index contributed by atoms with van der Waals surface area (Å²) in [6.45, 7) is 4.37. The molecule has 3 rings (SSSR count). The Morgan fingerprint density at radius 2 is 2.05 bits per heavy atom. The standard InChI is InChI=1S/C16H21NO3/c18-15(19)16(5-2-6-16)14-4-1-3-13(11-14)12-17-7-9-20-10-8-17/h1,3-4,11H,2,5-10,12H2,(H,18,19). The Bertz CT molecular complexity index is 490. The zero-order valence-electron chi connectivity index (χ0n) is 11.7. The molecule has 1 saturated carbocycles. The van der Waals surface area contributed by atoms with Gasteiger partial charge in [-0.05, 0) is 24.0 Å². The van der Waals surface area contributed by atoms with Crippen LogP contribution < -0.4 is 0 Å². The number of carboxylic acids is 1. The summed E-state index contributed by atoms with van der Waals surface area (Å²) < 4.78 is 5.35. The predicted molar refractivity (Wildman–Crippen MR) is 75.7 cm³/mol. The second-order valence-corrected chi connectivity index (χ2v) is 5.83. The second kappa shape index (κ2) is 5.54. The van der Waals surface area contributed by atoms with E-state index in [2.05, 4.69) is 17.0 Å². The molecule has 1 aliphatic carbocycles. The van der Waals surface area contributed by atoms with E-state index in [4.69, 9.17) is 4.74 Å². The normalized spacial score (nSPS) is 22.2. The highest BCUT2D eigenvalue weighted by Gasteiger charge is 2.45. The first-order valence-electron chi connectivity index (χ1n) is 7.34. The SMILES string of the molecule is O=C(O)C1(c2cccc(CN3CCOCC3)c2)CCC1. The summed E-state index contributed by atoms with van der Waals surface area (Å²) in [6, 6.07) is 8.14. The Balaban J connectivity index is 1.77. The lowest BCUT2D eigenvalue weighted by atomic mass is 9.64. The van der Waals surface area contributed by atoms with Gasteiger partial charge in [-0.3, -0.25) is 9.69 Å². The molecule has 0 bridgehead atoms. The lowest BCUT2D eigenvalue weighted by Crippen LogP contribution is -2.42. The first-order chi connectivity index (χ1) is 9.71. The first-order valence-corrected chi connectivity index (χ1v) is 7.34. The molecule has 1 aliphatic heterocycles. The number of hydrogen-bond acceptors (Lipinski definition) is 3. The van der Waals surface area contributed by atoms with Crippen LogP contribution in [0.1, 0.15) is 30.4 Å². The molecule has 20 heavy (non-hydrogen) atoms. The number of benzene rings is 1. The van der Waals surface area contributed by atoms with E-state index in [0.29, 0.717) is 0 Å². The summed E-state index contributed by atoms with van der Waals surface area (Å²) >= 11 is 0. The van der Waals surface area contributed by atoms with Crippen LogP contribution in [0.3, 0.4) is 0 Å². The topological polar surface area (TPSA) is 49.8 Å². The molecular weight excluding hydrogens is 254 g/mol. The van der Waals surface area contributed by atoms with Crippen molar-refractivity contribution < 1.29 is 14.6 Å². The smallest absolute Gasteiger partial charge is 0.314 e. The Labute approximate surface area is 119 Å². The van der Waals surface area contributed by atoms with Crippen molar-refractivity contribution >= 4 is 5.97 Å². The van der Waals surface area contributed by atoms with Crippen LogP contribution in [0, 0.1) is 0 Å². The number of hydrogen-bond donors (Lipinski definition) is 1. The van der Waals surface area contributed by atoms with Gasteiger partial charge < -0.3 is 9.84 Å². The van der Waals surface area contributed by atoms with Crippen LogP contribution in [0.25, 0.3) is 0 Å². The highest BCUT2D eigenvalue weighted by Crippen LogP contribution is 2.44. The average molecular weight is 275 g/mol. The maximum Gasteiger partial charge on any atom is 0.314 e. The molecule has 0 spiro atoms. The van der Waals surface area contributed by atoms with Crippen LogP contribution in [0.2, 0.25) is 0 Å². The van der Waals surface area contributed by atoms with Gasteiger partial charge in [-0.15, -0.1) is 0 Å². The van der Waals surface area contributed by atoms with Crippen LogP contribution >= 0.6 is 0 Å². The number of carboxylic acid groups (broad SMARTS) is 1. The third kappa shape index (κ3) is 2.45. The molecule has 0 atom stereocenters. The Morgan fingerprint density at radius 1 is 1.30 bits per heavy atom. The highest BCUT2D eigenvalue weighted by molar-refractivity contribution is 5.82. The third-order valence-electron chi connectivity index (χ3n) is 4.61. The summed E-state index contributed by atoms with van der Waals surface area (Å²) in [5.74, 6) is -0.674. The van der Waals surface area contributed by atoms with Crippen molar-refractivity contribution in [2.75, 3.05) is 26.3 Å². The van der Waals surface area contributed by atoms with E-state index in [1.807, 2.05) is 12.1 Å². The molecule has 0 aromatic heterocycles. The Morgan fingerprint density at radius 3 is 2.65 bits per heavy atom. The number of rotatable bonds is 4. The van der Waals surface area contributed by atoms with Crippen molar-refractivity contribution in [2.24, 2.45) is 0 Å². The largest absolute Gasteiger partial charge is 0.481 e. The van der Waals surface area contributed by atoms with Crippen LogP contribution in [-0.2, 0) is 21.5 Å². The fourth-order valence-electron chi connectivity index (χ4n) is 3.14. The maximum absolute atomic E-state index is 11.6. The Kier molecular flexibility index (Phi) is 3.76. The van der Waals surface area contributed by atoms with E-state index in [1.165, 1.54) is 5.56 Å². The lowest BCUT2D eigenvalue weighted by Gasteiger charge is -2.38. The van der Waals surface area contributed by atoms with Crippen molar-refractivity contribution in [2.45, 2.75) is 31.2 Å². The molecule has 0 unspecified atom stereocenters. The molecule has 0 amide bonds. The van der Waals surface area contributed by atoms with Crippen molar-refractivity contribution in [3.05, 3.63) is 35.4 Å². The van der Waals surface area contributed by atoms with Gasteiger partial charge in [0, 0.05) is 19.6 Å². The molecule has 108 valence electrons. The van der Waals surface area contributed by atoms with Crippen molar-refractivity contribution in [1.29, 1.82) is 0 Å². The van der Waals surface area contributed by atoms with Gasteiger partial charge in [-0.2, -0.15) is 0 Å². The third-order valence-corrected chi connectivity index (χ3v) is 4.61. The van der Waals surface area contributed by atoms with Crippen LogP contribution in [0.15, 0.2) is 24.3 Å². The minimum Gasteiger partial charge on any atom is -0.481 e. The molecule has 1 saturated heterocycles. The zero-order chi connectivity index (χ0) is 14.0. The van der Waals surface area contributed by atoms with Gasteiger partial charge in [-0.1, -0.05) is 30.7 Å². The number of aliphatic carboxylic acids is 1. The van der Waals surface area contributed by atoms with Crippen LogP contribution in [0.4, 0.5) is 0 Å². The Hall–Kier alpha value is -1.39. The molecule has 0 radical (unpaired) electrons. The monoisotopic (exact) mass is 275 g/mol. The van der Waals surface area contributed by atoms with Gasteiger partial charge in [0.1, 0.15) is 0 Å².